The number of fused-ring (bicyclic) bond motifs is 1. The topological polar surface area (TPSA) is 64.3 Å². The number of ether oxygens (including phenoxy) is 1. The number of hydrogen-bond donors (Lipinski definition) is 2. The van der Waals surface area contributed by atoms with Gasteiger partial charge in [0.1, 0.15) is 11.9 Å². The first kappa shape index (κ1) is 11.0. The van der Waals surface area contributed by atoms with E-state index in [1.165, 1.54) is 11.1 Å². The lowest BCUT2D eigenvalue weighted by atomic mass is 10.1. The van der Waals surface area contributed by atoms with Crippen molar-refractivity contribution in [2.75, 3.05) is 13.1 Å². The second-order valence-electron chi connectivity index (χ2n) is 4.15. The summed E-state index contributed by atoms with van der Waals surface area (Å²) >= 11 is 0. The SMILES string of the molecule is Cc1ccc2c(c1)CC(CNCC(N)=O)O2. The van der Waals surface area contributed by atoms with Gasteiger partial charge in [0.05, 0.1) is 6.54 Å². The third-order valence-corrected chi connectivity index (χ3v) is 2.63. The van der Waals surface area contributed by atoms with Gasteiger partial charge in [-0.15, -0.1) is 0 Å². The molecule has 0 fully saturated rings. The summed E-state index contributed by atoms with van der Waals surface area (Å²) in [5, 5.41) is 2.98. The summed E-state index contributed by atoms with van der Waals surface area (Å²) < 4.78 is 5.73. The molecule has 1 aliphatic heterocycles. The lowest BCUT2D eigenvalue weighted by Gasteiger charge is -2.10. The molecule has 0 saturated heterocycles. The van der Waals surface area contributed by atoms with Crippen LogP contribution in [-0.4, -0.2) is 25.1 Å². The largest absolute Gasteiger partial charge is 0.488 e. The molecule has 0 aromatic heterocycles. The number of hydrogen-bond acceptors (Lipinski definition) is 3. The molecule has 4 heteroatoms. The Morgan fingerprint density at radius 1 is 1.62 bits per heavy atom. The molecule has 86 valence electrons. The number of aryl methyl sites for hydroxylation is 1. The number of benzene rings is 1. The molecule has 1 amide bonds. The number of carbonyl (C=O) groups is 1. The van der Waals surface area contributed by atoms with Gasteiger partial charge in [-0.05, 0) is 18.6 Å². The average molecular weight is 220 g/mol. The van der Waals surface area contributed by atoms with Crippen LogP contribution in [0.2, 0.25) is 0 Å². The highest BCUT2D eigenvalue weighted by Gasteiger charge is 2.22. The Bertz CT molecular complexity index is 404. The zero-order valence-corrected chi connectivity index (χ0v) is 9.32. The van der Waals surface area contributed by atoms with Crippen LogP contribution < -0.4 is 15.8 Å². The Balaban J connectivity index is 1.88. The van der Waals surface area contributed by atoms with E-state index in [0.29, 0.717) is 6.54 Å². The van der Waals surface area contributed by atoms with E-state index >= 15 is 0 Å². The Kier molecular flexibility index (Phi) is 3.10. The van der Waals surface area contributed by atoms with E-state index in [1.807, 2.05) is 12.1 Å². The van der Waals surface area contributed by atoms with Crippen LogP contribution >= 0.6 is 0 Å². The maximum atomic E-state index is 10.6. The third kappa shape index (κ3) is 2.52. The molecule has 0 radical (unpaired) electrons. The molecule has 1 aromatic rings. The number of carbonyl (C=O) groups excluding carboxylic acids is 1. The van der Waals surface area contributed by atoms with Gasteiger partial charge in [0.15, 0.2) is 0 Å². The smallest absolute Gasteiger partial charge is 0.231 e. The van der Waals surface area contributed by atoms with Gasteiger partial charge in [0.2, 0.25) is 5.91 Å². The predicted octanol–water partition coefficient (Wildman–Crippen LogP) is 0.373. The van der Waals surface area contributed by atoms with Gasteiger partial charge in [0, 0.05) is 13.0 Å². The minimum atomic E-state index is -0.341. The Morgan fingerprint density at radius 3 is 3.19 bits per heavy atom. The van der Waals surface area contributed by atoms with E-state index < -0.39 is 0 Å². The van der Waals surface area contributed by atoms with Gasteiger partial charge in [-0.2, -0.15) is 0 Å². The first-order chi connectivity index (χ1) is 7.65. The van der Waals surface area contributed by atoms with E-state index in [0.717, 1.165) is 12.2 Å². The standard InChI is InChI=1S/C12H16N2O2/c1-8-2-3-11-9(4-8)5-10(16-11)6-14-7-12(13)15/h2-4,10,14H,5-7H2,1H3,(H2,13,15). The normalized spacial score (nSPS) is 17.9. The molecule has 0 saturated carbocycles. The molecule has 1 aromatic carbocycles. The van der Waals surface area contributed by atoms with Crippen molar-refractivity contribution >= 4 is 5.91 Å². The molecule has 4 nitrogen and oxygen atoms in total. The van der Waals surface area contributed by atoms with Crippen LogP contribution in [0.15, 0.2) is 18.2 Å². The fourth-order valence-electron chi connectivity index (χ4n) is 1.92. The molecule has 0 aliphatic carbocycles. The highest BCUT2D eigenvalue weighted by molar-refractivity contribution is 5.75. The number of nitrogens with two attached hydrogens (primary N) is 1. The lowest BCUT2D eigenvalue weighted by molar-refractivity contribution is -0.117. The van der Waals surface area contributed by atoms with Gasteiger partial charge in [-0.3, -0.25) is 4.79 Å². The summed E-state index contributed by atoms with van der Waals surface area (Å²) in [7, 11) is 0. The van der Waals surface area contributed by atoms with Crippen molar-refractivity contribution in [2.24, 2.45) is 5.73 Å². The van der Waals surface area contributed by atoms with Crippen LogP contribution in [0.5, 0.6) is 5.75 Å². The van der Waals surface area contributed by atoms with Crippen LogP contribution in [0.4, 0.5) is 0 Å². The first-order valence-electron chi connectivity index (χ1n) is 5.40. The second kappa shape index (κ2) is 4.53. The molecule has 0 bridgehead atoms. The minimum absolute atomic E-state index is 0.108. The summed E-state index contributed by atoms with van der Waals surface area (Å²) in [4.78, 5) is 10.6. The summed E-state index contributed by atoms with van der Waals surface area (Å²) in [6.07, 6.45) is 0.999. The van der Waals surface area contributed by atoms with Gasteiger partial charge >= 0.3 is 0 Å². The molecule has 1 unspecified atom stereocenters. The summed E-state index contributed by atoms with van der Waals surface area (Å²) in [5.41, 5.74) is 7.52. The predicted molar refractivity (Wildman–Crippen MR) is 61.4 cm³/mol. The van der Waals surface area contributed by atoms with Gasteiger partial charge in [0.25, 0.3) is 0 Å². The van der Waals surface area contributed by atoms with Crippen LogP contribution in [0.25, 0.3) is 0 Å². The van der Waals surface area contributed by atoms with Gasteiger partial charge in [-0.25, -0.2) is 0 Å². The van der Waals surface area contributed by atoms with Crippen molar-refractivity contribution in [1.82, 2.24) is 5.32 Å². The zero-order valence-electron chi connectivity index (χ0n) is 9.32. The molecular formula is C12H16N2O2. The lowest BCUT2D eigenvalue weighted by Crippen LogP contribution is -2.35. The van der Waals surface area contributed by atoms with Crippen molar-refractivity contribution in [1.29, 1.82) is 0 Å². The molecule has 16 heavy (non-hydrogen) atoms. The fourth-order valence-corrected chi connectivity index (χ4v) is 1.92. The van der Waals surface area contributed by atoms with E-state index in [9.17, 15) is 4.79 Å². The zero-order chi connectivity index (χ0) is 11.5. The highest BCUT2D eigenvalue weighted by atomic mass is 16.5. The van der Waals surface area contributed by atoms with E-state index in [2.05, 4.69) is 18.3 Å². The van der Waals surface area contributed by atoms with Crippen LogP contribution in [0, 0.1) is 6.92 Å². The summed E-state index contributed by atoms with van der Waals surface area (Å²) in [6.45, 7) is 2.92. The Labute approximate surface area is 94.8 Å². The second-order valence-corrected chi connectivity index (χ2v) is 4.15. The van der Waals surface area contributed by atoms with Crippen molar-refractivity contribution in [2.45, 2.75) is 19.4 Å². The van der Waals surface area contributed by atoms with Crippen molar-refractivity contribution in [3.8, 4) is 5.75 Å². The minimum Gasteiger partial charge on any atom is -0.488 e. The third-order valence-electron chi connectivity index (χ3n) is 2.63. The highest BCUT2D eigenvalue weighted by Crippen LogP contribution is 2.29. The number of nitrogens with one attached hydrogen (secondary N) is 1. The van der Waals surface area contributed by atoms with Crippen LogP contribution in [0.3, 0.4) is 0 Å². The molecule has 1 aliphatic rings. The van der Waals surface area contributed by atoms with E-state index in [4.69, 9.17) is 10.5 Å². The maximum Gasteiger partial charge on any atom is 0.231 e. The van der Waals surface area contributed by atoms with Crippen molar-refractivity contribution < 1.29 is 9.53 Å². The first-order valence-corrected chi connectivity index (χ1v) is 5.40. The molecule has 2 rings (SSSR count). The summed E-state index contributed by atoms with van der Waals surface area (Å²) in [5.74, 6) is 0.614. The molecule has 0 spiro atoms. The monoisotopic (exact) mass is 220 g/mol. The molecule has 1 atom stereocenters. The fraction of sp³-hybridized carbons (Fsp3) is 0.417. The summed E-state index contributed by atoms with van der Waals surface area (Å²) in [6, 6.07) is 6.18. The van der Waals surface area contributed by atoms with Crippen LogP contribution in [0.1, 0.15) is 11.1 Å². The quantitative estimate of drug-likeness (QED) is 0.770. The Hall–Kier alpha value is -1.55. The number of primary amides is 1. The van der Waals surface area contributed by atoms with E-state index in [-0.39, 0.29) is 18.6 Å². The van der Waals surface area contributed by atoms with Crippen LogP contribution in [-0.2, 0) is 11.2 Å². The molecular weight excluding hydrogens is 204 g/mol. The molecule has 1 heterocycles. The van der Waals surface area contributed by atoms with Gasteiger partial charge in [-0.1, -0.05) is 17.7 Å². The van der Waals surface area contributed by atoms with Crippen molar-refractivity contribution in [3.63, 3.8) is 0 Å². The number of amides is 1. The van der Waals surface area contributed by atoms with E-state index in [1.54, 1.807) is 0 Å². The Morgan fingerprint density at radius 2 is 2.44 bits per heavy atom. The molecule has 3 N–H and O–H groups in total. The average Bonchev–Trinajstić information content (AvgIpc) is 2.58. The number of rotatable bonds is 4. The van der Waals surface area contributed by atoms with Crippen molar-refractivity contribution in [3.05, 3.63) is 29.3 Å². The maximum absolute atomic E-state index is 10.6. The van der Waals surface area contributed by atoms with Gasteiger partial charge < -0.3 is 15.8 Å².